The molecule has 14 heavy (non-hydrogen) atoms. The molecule has 1 N–H and O–H groups in total. The maximum Gasteiger partial charge on any atom is 0.137 e. The highest BCUT2D eigenvalue weighted by Crippen LogP contribution is 2.25. The summed E-state index contributed by atoms with van der Waals surface area (Å²) in [6.45, 7) is 2.09. The van der Waals surface area contributed by atoms with E-state index in [1.807, 2.05) is 6.92 Å². The lowest BCUT2D eigenvalue weighted by atomic mass is 9.94. The van der Waals surface area contributed by atoms with E-state index in [2.05, 4.69) is 0 Å². The maximum atomic E-state index is 13.1. The van der Waals surface area contributed by atoms with Gasteiger partial charge in [-0.2, -0.15) is 5.26 Å². The molecular formula is C10H12FNO2. The van der Waals surface area contributed by atoms with Gasteiger partial charge in [0.25, 0.3) is 0 Å². The highest BCUT2D eigenvalue weighted by atomic mass is 19.1. The molecule has 0 aromatic heterocycles. The van der Waals surface area contributed by atoms with Crippen molar-refractivity contribution in [2.45, 2.75) is 13.0 Å². The smallest absolute Gasteiger partial charge is 0.137 e. The van der Waals surface area contributed by atoms with Gasteiger partial charge in [-0.15, -0.1) is 0 Å². The number of hydrogen-bond acceptors (Lipinski definition) is 3. The summed E-state index contributed by atoms with van der Waals surface area (Å²) in [4.78, 5) is 0. The number of hydrogen-bond donors (Lipinski definition) is 1. The van der Waals surface area contributed by atoms with Gasteiger partial charge in [-0.3, -0.25) is 0 Å². The first-order valence-corrected chi connectivity index (χ1v) is 4.45. The molecule has 76 valence electrons. The van der Waals surface area contributed by atoms with E-state index in [4.69, 9.17) is 15.1 Å². The number of ether oxygens (including phenoxy) is 1. The third-order valence-electron chi connectivity index (χ3n) is 2.06. The molecule has 0 spiro atoms. The molecule has 0 aromatic rings. The lowest BCUT2D eigenvalue weighted by Crippen LogP contribution is -2.26. The Balaban J connectivity index is 2.86. The molecule has 1 aliphatic rings. The van der Waals surface area contributed by atoms with Crippen molar-refractivity contribution in [3.05, 3.63) is 23.6 Å². The van der Waals surface area contributed by atoms with Crippen molar-refractivity contribution in [2.24, 2.45) is 5.92 Å². The van der Waals surface area contributed by atoms with E-state index in [0.29, 0.717) is 6.61 Å². The van der Waals surface area contributed by atoms with Crippen LogP contribution in [0.3, 0.4) is 0 Å². The van der Waals surface area contributed by atoms with Gasteiger partial charge in [-0.05, 0) is 19.1 Å². The van der Waals surface area contributed by atoms with Gasteiger partial charge in [0.05, 0.1) is 18.3 Å². The first-order valence-electron chi connectivity index (χ1n) is 4.45. The van der Waals surface area contributed by atoms with Gasteiger partial charge < -0.3 is 9.84 Å². The molecule has 0 fully saturated rings. The summed E-state index contributed by atoms with van der Waals surface area (Å²) in [5, 5.41) is 17.6. The predicted molar refractivity (Wildman–Crippen MR) is 48.9 cm³/mol. The highest BCUT2D eigenvalue weighted by molar-refractivity contribution is 5.42. The molecular weight excluding hydrogens is 185 g/mol. The number of nitriles is 1. The molecule has 2 atom stereocenters. The Hall–Kier alpha value is -1.18. The zero-order valence-corrected chi connectivity index (χ0v) is 7.90. The van der Waals surface area contributed by atoms with Gasteiger partial charge >= 0.3 is 0 Å². The molecule has 4 heteroatoms. The van der Waals surface area contributed by atoms with Crippen molar-refractivity contribution < 1.29 is 14.2 Å². The molecule has 0 saturated heterocycles. The molecule has 1 aliphatic carbocycles. The predicted octanol–water partition coefficient (Wildman–Crippen LogP) is 1.32. The topological polar surface area (TPSA) is 53.2 Å². The minimum absolute atomic E-state index is 0.0202. The normalized spacial score (nSPS) is 26.4. The summed E-state index contributed by atoms with van der Waals surface area (Å²) in [6.07, 6.45) is 2.25. The minimum atomic E-state index is -0.581. The van der Waals surface area contributed by atoms with Gasteiger partial charge in [0.1, 0.15) is 11.9 Å². The number of nitrogens with zero attached hydrogens (tertiary/aromatic N) is 1. The summed E-state index contributed by atoms with van der Waals surface area (Å²) < 4.78 is 18.4. The second-order valence-corrected chi connectivity index (χ2v) is 2.97. The SMILES string of the molecule is CCOC1C=C(C#N)C(F)=CC1CO. The second-order valence-electron chi connectivity index (χ2n) is 2.97. The molecule has 0 amide bonds. The third-order valence-corrected chi connectivity index (χ3v) is 2.06. The van der Waals surface area contributed by atoms with Crippen LogP contribution >= 0.6 is 0 Å². The van der Waals surface area contributed by atoms with Gasteiger partial charge in [0.15, 0.2) is 0 Å². The van der Waals surface area contributed by atoms with Gasteiger partial charge in [-0.25, -0.2) is 4.39 Å². The molecule has 0 bridgehead atoms. The number of aliphatic hydroxyl groups excluding tert-OH is 1. The van der Waals surface area contributed by atoms with Gasteiger partial charge in [0.2, 0.25) is 0 Å². The molecule has 0 heterocycles. The maximum absolute atomic E-state index is 13.1. The van der Waals surface area contributed by atoms with Gasteiger partial charge in [0, 0.05) is 12.5 Å². The molecule has 0 aliphatic heterocycles. The van der Waals surface area contributed by atoms with E-state index >= 15 is 0 Å². The van der Waals surface area contributed by atoms with Crippen LogP contribution in [-0.2, 0) is 4.74 Å². The first-order chi connectivity index (χ1) is 6.72. The molecule has 0 saturated carbocycles. The van der Waals surface area contributed by atoms with Crippen molar-refractivity contribution in [2.75, 3.05) is 13.2 Å². The van der Waals surface area contributed by atoms with Crippen LogP contribution in [0.4, 0.5) is 4.39 Å². The summed E-state index contributed by atoms with van der Waals surface area (Å²) in [7, 11) is 0. The van der Waals surface area contributed by atoms with Crippen LogP contribution in [0, 0.1) is 17.2 Å². The molecule has 0 radical (unpaired) electrons. The van der Waals surface area contributed by atoms with Crippen molar-refractivity contribution in [3.63, 3.8) is 0 Å². The van der Waals surface area contributed by atoms with Crippen molar-refractivity contribution in [1.29, 1.82) is 5.26 Å². The number of halogens is 1. The average Bonchev–Trinajstić information content (AvgIpc) is 2.20. The summed E-state index contributed by atoms with van der Waals surface area (Å²) >= 11 is 0. The second kappa shape index (κ2) is 4.89. The molecule has 0 aromatic carbocycles. The van der Waals surface area contributed by atoms with E-state index in [0.717, 1.165) is 0 Å². The Labute approximate surface area is 82.1 Å². The Morgan fingerprint density at radius 3 is 2.86 bits per heavy atom. The van der Waals surface area contributed by atoms with E-state index in [1.54, 1.807) is 6.07 Å². The molecule has 1 rings (SSSR count). The van der Waals surface area contributed by atoms with Crippen molar-refractivity contribution >= 4 is 0 Å². The van der Waals surface area contributed by atoms with E-state index in [9.17, 15) is 4.39 Å². The Bertz CT molecular complexity index is 304. The van der Waals surface area contributed by atoms with Gasteiger partial charge in [-0.1, -0.05) is 0 Å². The van der Waals surface area contributed by atoms with Crippen LogP contribution in [0.25, 0.3) is 0 Å². The Morgan fingerprint density at radius 1 is 1.64 bits per heavy atom. The Kier molecular flexibility index (Phi) is 3.81. The van der Waals surface area contributed by atoms with Crippen molar-refractivity contribution in [1.82, 2.24) is 0 Å². The zero-order chi connectivity index (χ0) is 10.6. The van der Waals surface area contributed by atoms with E-state index in [-0.39, 0.29) is 12.2 Å². The molecule has 3 nitrogen and oxygen atoms in total. The monoisotopic (exact) mass is 197 g/mol. The third kappa shape index (κ3) is 2.19. The fraction of sp³-hybridized carbons (Fsp3) is 0.500. The summed E-state index contributed by atoms with van der Waals surface area (Å²) in [5.74, 6) is -0.977. The molecule has 2 unspecified atom stereocenters. The zero-order valence-electron chi connectivity index (χ0n) is 7.90. The van der Waals surface area contributed by atoms with E-state index < -0.39 is 17.8 Å². The summed E-state index contributed by atoms with van der Waals surface area (Å²) in [5.41, 5.74) is -0.0202. The Morgan fingerprint density at radius 2 is 2.36 bits per heavy atom. The van der Waals surface area contributed by atoms with E-state index in [1.165, 1.54) is 12.2 Å². The van der Waals surface area contributed by atoms with Crippen LogP contribution in [0.15, 0.2) is 23.6 Å². The van der Waals surface area contributed by atoms with Crippen LogP contribution in [-0.4, -0.2) is 24.4 Å². The van der Waals surface area contributed by atoms with Crippen LogP contribution in [0.5, 0.6) is 0 Å². The minimum Gasteiger partial charge on any atom is -0.396 e. The standard InChI is InChI=1S/C10H12FNO2/c1-2-14-10-4-7(5-12)9(11)3-8(10)6-13/h3-4,8,10,13H,2,6H2,1H3. The fourth-order valence-electron chi connectivity index (χ4n) is 1.35. The average molecular weight is 197 g/mol. The number of aliphatic hydroxyl groups is 1. The van der Waals surface area contributed by atoms with Crippen LogP contribution in [0.1, 0.15) is 6.92 Å². The lowest BCUT2D eigenvalue weighted by molar-refractivity contribution is 0.0450. The summed E-state index contributed by atoms with van der Waals surface area (Å²) in [6, 6.07) is 1.74. The fourth-order valence-corrected chi connectivity index (χ4v) is 1.35. The van der Waals surface area contributed by atoms with Crippen LogP contribution < -0.4 is 0 Å². The van der Waals surface area contributed by atoms with Crippen LogP contribution in [0.2, 0.25) is 0 Å². The van der Waals surface area contributed by atoms with Crippen molar-refractivity contribution in [3.8, 4) is 6.07 Å². The number of rotatable bonds is 3. The highest BCUT2D eigenvalue weighted by Gasteiger charge is 2.24. The largest absolute Gasteiger partial charge is 0.396 e. The number of allylic oxidation sites excluding steroid dienone is 2. The first kappa shape index (κ1) is 10.9. The lowest BCUT2D eigenvalue weighted by Gasteiger charge is -2.23. The quantitative estimate of drug-likeness (QED) is 0.742.